The molecule has 0 saturated carbocycles. The van der Waals surface area contributed by atoms with Gasteiger partial charge < -0.3 is 31.5 Å². The monoisotopic (exact) mass is 428 g/mol. The number of aromatic amines is 1. The molecule has 1 heterocycles. The molecule has 3 amide bonds. The molecule has 0 bridgehead atoms. The summed E-state index contributed by atoms with van der Waals surface area (Å²) in [4.78, 5) is 55.1. The third-order valence-electron chi connectivity index (χ3n) is 4.48. The van der Waals surface area contributed by atoms with E-state index in [-0.39, 0.29) is 31.7 Å². The van der Waals surface area contributed by atoms with Gasteiger partial charge >= 0.3 is 0 Å². The Morgan fingerprint density at radius 2 is 1.87 bits per heavy atom. The minimum atomic E-state index is -0.917. The van der Waals surface area contributed by atoms with Crippen molar-refractivity contribution < 1.29 is 19.2 Å². The van der Waals surface area contributed by atoms with Crippen LogP contribution in [-0.4, -0.2) is 59.1 Å². The minimum Gasteiger partial charge on any atom is -0.348 e. The van der Waals surface area contributed by atoms with Crippen molar-refractivity contribution in [1.29, 1.82) is 0 Å². The molecule has 6 N–H and O–H groups in total. The summed E-state index contributed by atoms with van der Waals surface area (Å²) in [5.74, 6) is -1.29. The van der Waals surface area contributed by atoms with Crippen LogP contribution in [0.1, 0.15) is 24.1 Å². The molecule has 0 radical (unpaired) electrons. The molecule has 2 unspecified atom stereocenters. The fraction of sp³-hybridized carbons (Fsp3) is 0.381. The fourth-order valence-electron chi connectivity index (χ4n) is 2.88. The number of rotatable bonds is 13. The first-order chi connectivity index (χ1) is 15.0. The van der Waals surface area contributed by atoms with Crippen LogP contribution in [-0.2, 0) is 32.0 Å². The Morgan fingerprint density at radius 1 is 1.10 bits per heavy atom. The average molecular weight is 428 g/mol. The maximum atomic E-state index is 12.8. The number of hydrogen-bond acceptors (Lipinski definition) is 6. The summed E-state index contributed by atoms with van der Waals surface area (Å²) in [5, 5.41) is 7.79. The van der Waals surface area contributed by atoms with E-state index in [1.165, 1.54) is 6.33 Å². The molecular formula is C21H28N6O4. The van der Waals surface area contributed by atoms with E-state index in [4.69, 9.17) is 5.73 Å². The van der Waals surface area contributed by atoms with Gasteiger partial charge in [0.25, 0.3) is 0 Å². The number of nitrogens with zero attached hydrogens (tertiary/aromatic N) is 1. The molecule has 2 rings (SSSR count). The lowest BCUT2D eigenvalue weighted by atomic mass is 10.0. The van der Waals surface area contributed by atoms with Crippen molar-refractivity contribution in [2.75, 3.05) is 13.1 Å². The quantitative estimate of drug-likeness (QED) is 0.263. The number of aldehydes is 1. The third kappa shape index (κ3) is 8.79. The molecule has 1 aromatic heterocycles. The van der Waals surface area contributed by atoms with Crippen LogP contribution in [0, 0.1) is 0 Å². The predicted molar refractivity (Wildman–Crippen MR) is 114 cm³/mol. The largest absolute Gasteiger partial charge is 0.348 e. The van der Waals surface area contributed by atoms with Crippen molar-refractivity contribution in [3.63, 3.8) is 0 Å². The van der Waals surface area contributed by atoms with E-state index in [1.807, 2.05) is 30.3 Å². The van der Waals surface area contributed by atoms with Gasteiger partial charge in [0.05, 0.1) is 18.9 Å². The van der Waals surface area contributed by atoms with Crippen molar-refractivity contribution in [3.8, 4) is 0 Å². The second-order valence-corrected chi connectivity index (χ2v) is 7.01. The second-order valence-electron chi connectivity index (χ2n) is 7.01. The van der Waals surface area contributed by atoms with E-state index in [0.29, 0.717) is 24.9 Å². The number of nitrogens with one attached hydrogen (secondary N) is 4. The highest BCUT2D eigenvalue weighted by atomic mass is 16.2. The normalized spacial score (nSPS) is 12.4. The van der Waals surface area contributed by atoms with Crippen molar-refractivity contribution in [1.82, 2.24) is 25.9 Å². The molecule has 0 saturated heterocycles. The first-order valence-electron chi connectivity index (χ1n) is 10.0. The van der Waals surface area contributed by atoms with Crippen molar-refractivity contribution >= 4 is 24.0 Å². The molecule has 0 aliphatic rings. The molecule has 0 fully saturated rings. The first-order valence-corrected chi connectivity index (χ1v) is 10.0. The number of carbonyl (C=O) groups excluding carboxylic acids is 4. The van der Waals surface area contributed by atoms with Gasteiger partial charge in [0.1, 0.15) is 12.3 Å². The Kier molecular flexibility index (Phi) is 9.89. The van der Waals surface area contributed by atoms with Crippen LogP contribution in [0.2, 0.25) is 0 Å². The SMILES string of the molecule is NCCCC(=O)NCC(=O)NC(Cc1ccccc1)C(=O)NC(C=O)Cc1cnc[nH]1. The molecule has 0 spiro atoms. The van der Waals surface area contributed by atoms with Crippen molar-refractivity contribution in [3.05, 3.63) is 54.1 Å². The van der Waals surface area contributed by atoms with E-state index in [2.05, 4.69) is 25.9 Å². The topological polar surface area (TPSA) is 159 Å². The second kappa shape index (κ2) is 12.9. The molecule has 0 aliphatic carbocycles. The summed E-state index contributed by atoms with van der Waals surface area (Å²) in [6.45, 7) is 0.128. The molecule has 1 aromatic carbocycles. The average Bonchev–Trinajstić information content (AvgIpc) is 3.29. The van der Waals surface area contributed by atoms with Crippen LogP contribution >= 0.6 is 0 Å². The highest BCUT2D eigenvalue weighted by Gasteiger charge is 2.24. The van der Waals surface area contributed by atoms with Gasteiger partial charge in [-0.25, -0.2) is 4.98 Å². The lowest BCUT2D eigenvalue weighted by Gasteiger charge is -2.21. The van der Waals surface area contributed by atoms with Gasteiger partial charge in [0, 0.05) is 31.2 Å². The standard InChI is InChI=1S/C21H28N6O4/c22-8-4-7-19(29)24-12-20(30)27-18(9-15-5-2-1-3-6-15)21(31)26-17(13-28)10-16-11-23-14-25-16/h1-3,5-6,11,13-14,17-18H,4,7-10,12,22H2,(H,23,25)(H,24,29)(H,26,31)(H,27,30). The van der Waals surface area contributed by atoms with E-state index >= 15 is 0 Å². The predicted octanol–water partition coefficient (Wildman–Crippen LogP) is -0.781. The van der Waals surface area contributed by atoms with Gasteiger partial charge in [-0.2, -0.15) is 0 Å². The number of carbonyl (C=O) groups is 4. The summed E-state index contributed by atoms with van der Waals surface area (Å²) in [6.07, 6.45) is 4.92. The minimum absolute atomic E-state index is 0.228. The zero-order chi connectivity index (χ0) is 22.5. The maximum absolute atomic E-state index is 12.8. The summed E-state index contributed by atoms with van der Waals surface area (Å²) in [7, 11) is 0. The number of benzene rings is 1. The number of H-pyrrole nitrogens is 1. The first kappa shape index (κ1) is 23.7. The Bertz CT molecular complexity index is 841. The van der Waals surface area contributed by atoms with Gasteiger partial charge in [-0.05, 0) is 18.5 Å². The zero-order valence-corrected chi connectivity index (χ0v) is 17.2. The summed E-state index contributed by atoms with van der Waals surface area (Å²) >= 11 is 0. The van der Waals surface area contributed by atoms with E-state index in [1.54, 1.807) is 6.20 Å². The highest BCUT2D eigenvalue weighted by Crippen LogP contribution is 2.05. The molecule has 31 heavy (non-hydrogen) atoms. The Labute approximate surface area is 180 Å². The maximum Gasteiger partial charge on any atom is 0.243 e. The Morgan fingerprint density at radius 3 is 2.52 bits per heavy atom. The highest BCUT2D eigenvalue weighted by molar-refractivity contribution is 5.91. The van der Waals surface area contributed by atoms with Crippen molar-refractivity contribution in [2.24, 2.45) is 5.73 Å². The lowest BCUT2D eigenvalue weighted by molar-refractivity contribution is -0.130. The van der Waals surface area contributed by atoms with Crippen LogP contribution < -0.4 is 21.7 Å². The summed E-state index contributed by atoms with van der Waals surface area (Å²) in [5.41, 5.74) is 6.90. The number of imidazole rings is 1. The lowest BCUT2D eigenvalue weighted by Crippen LogP contribution is -2.53. The number of nitrogens with two attached hydrogens (primary N) is 1. The molecule has 10 heteroatoms. The van der Waals surface area contributed by atoms with Gasteiger partial charge in [-0.3, -0.25) is 14.4 Å². The van der Waals surface area contributed by atoms with Gasteiger partial charge in [-0.1, -0.05) is 30.3 Å². The molecule has 2 aromatic rings. The van der Waals surface area contributed by atoms with Crippen molar-refractivity contribution in [2.45, 2.75) is 37.8 Å². The fourth-order valence-corrected chi connectivity index (χ4v) is 2.88. The zero-order valence-electron chi connectivity index (χ0n) is 17.2. The Hall–Kier alpha value is -3.53. The van der Waals surface area contributed by atoms with Crippen LogP contribution in [0.5, 0.6) is 0 Å². The summed E-state index contributed by atoms with van der Waals surface area (Å²) < 4.78 is 0. The molecule has 10 nitrogen and oxygen atoms in total. The van der Waals surface area contributed by atoms with E-state index < -0.39 is 23.9 Å². The van der Waals surface area contributed by atoms with Crippen LogP contribution in [0.4, 0.5) is 0 Å². The van der Waals surface area contributed by atoms with Gasteiger partial charge in [0.2, 0.25) is 17.7 Å². The molecule has 166 valence electrons. The molecule has 2 atom stereocenters. The van der Waals surface area contributed by atoms with Gasteiger partial charge in [-0.15, -0.1) is 0 Å². The summed E-state index contributed by atoms with van der Waals surface area (Å²) in [6, 6.07) is 7.48. The third-order valence-corrected chi connectivity index (χ3v) is 4.48. The Balaban J connectivity index is 1.99. The van der Waals surface area contributed by atoms with E-state index in [9.17, 15) is 19.2 Å². The van der Waals surface area contributed by atoms with Gasteiger partial charge in [0.15, 0.2) is 0 Å². The molecule has 0 aliphatic heterocycles. The van der Waals surface area contributed by atoms with Crippen LogP contribution in [0.15, 0.2) is 42.9 Å². The van der Waals surface area contributed by atoms with E-state index in [0.717, 1.165) is 5.56 Å². The number of aromatic nitrogens is 2. The van der Waals surface area contributed by atoms with Crippen LogP contribution in [0.3, 0.4) is 0 Å². The number of amides is 3. The number of hydrogen-bond donors (Lipinski definition) is 5. The van der Waals surface area contributed by atoms with Crippen LogP contribution in [0.25, 0.3) is 0 Å². The molecular weight excluding hydrogens is 400 g/mol. The smallest absolute Gasteiger partial charge is 0.243 e.